The van der Waals surface area contributed by atoms with Gasteiger partial charge < -0.3 is 20.4 Å². The Morgan fingerprint density at radius 1 is 1.12 bits per heavy atom. The van der Waals surface area contributed by atoms with Crippen molar-refractivity contribution < 1.29 is 4.79 Å². The van der Waals surface area contributed by atoms with Crippen molar-refractivity contribution in [1.82, 2.24) is 24.8 Å². The number of nitrogens with one attached hydrogen (secondary N) is 2. The number of urea groups is 1. The molecule has 2 aromatic heterocycles. The molecule has 178 valence electrons. The van der Waals surface area contributed by atoms with Gasteiger partial charge in [-0.15, -0.1) is 5.10 Å². The number of carbonyl (C=O) groups excluding carboxylic acids is 1. The number of rotatable bonds is 5. The molecule has 1 aliphatic heterocycles. The Kier molecular flexibility index (Phi) is 6.52. The number of amides is 2. The van der Waals surface area contributed by atoms with Crippen LogP contribution in [0.15, 0.2) is 24.3 Å². The highest BCUT2D eigenvalue weighted by Gasteiger charge is 2.26. The van der Waals surface area contributed by atoms with Gasteiger partial charge in [-0.25, -0.2) is 9.78 Å². The lowest BCUT2D eigenvalue weighted by molar-refractivity contribution is 0.192. The molecule has 0 radical (unpaired) electrons. The third kappa shape index (κ3) is 5.24. The molecule has 0 saturated carbocycles. The van der Waals surface area contributed by atoms with E-state index < -0.39 is 0 Å². The van der Waals surface area contributed by atoms with Gasteiger partial charge in [0.15, 0.2) is 5.82 Å². The Morgan fingerprint density at radius 2 is 1.79 bits per heavy atom. The summed E-state index contributed by atoms with van der Waals surface area (Å²) in [4.78, 5) is 22.3. The van der Waals surface area contributed by atoms with Crippen LogP contribution < -0.4 is 15.5 Å². The van der Waals surface area contributed by atoms with E-state index in [1.165, 1.54) is 5.56 Å². The van der Waals surface area contributed by atoms with Gasteiger partial charge in [-0.3, -0.25) is 0 Å². The van der Waals surface area contributed by atoms with E-state index in [0.29, 0.717) is 13.1 Å². The molecule has 33 heavy (non-hydrogen) atoms. The lowest BCUT2D eigenvalue weighted by atomic mass is 10.1. The number of hydrogen-bond acceptors (Lipinski definition) is 6. The third-order valence-corrected chi connectivity index (χ3v) is 6.54. The summed E-state index contributed by atoms with van der Waals surface area (Å²) in [5, 5.41) is 12.5. The highest BCUT2D eigenvalue weighted by Crippen LogP contribution is 2.35. The monoisotopic (exact) mass is 469 g/mol. The Labute approximate surface area is 200 Å². The zero-order valence-electron chi connectivity index (χ0n) is 20.5. The number of benzene rings is 1. The van der Waals surface area contributed by atoms with Crippen LogP contribution in [0.1, 0.15) is 47.1 Å². The molecule has 4 rings (SSSR count). The molecule has 2 N–H and O–H groups in total. The van der Waals surface area contributed by atoms with E-state index in [0.717, 1.165) is 46.7 Å². The van der Waals surface area contributed by atoms with Crippen molar-refractivity contribution >= 4 is 33.3 Å². The number of imidazole rings is 1. The number of aromatic nitrogens is 3. The first-order valence-corrected chi connectivity index (χ1v) is 12.5. The maximum Gasteiger partial charge on any atom is 0.317 e. The smallest absolute Gasteiger partial charge is 0.317 e. The average Bonchev–Trinajstić information content (AvgIpc) is 3.32. The van der Waals surface area contributed by atoms with Crippen LogP contribution in [0, 0.1) is 0 Å². The minimum atomic E-state index is -0.132. The summed E-state index contributed by atoms with van der Waals surface area (Å²) in [5.41, 5.74) is 3.19. The number of piperazine rings is 1. The van der Waals surface area contributed by atoms with Crippen LogP contribution in [0.2, 0.25) is 0 Å². The fourth-order valence-corrected chi connectivity index (χ4v) is 4.83. The zero-order chi connectivity index (χ0) is 23.8. The Balaban J connectivity index is 1.59. The molecule has 1 fully saturated rings. The number of carbonyl (C=O) groups is 1. The molecule has 3 heterocycles. The summed E-state index contributed by atoms with van der Waals surface area (Å²) in [6.45, 7) is 15.4. The molecule has 1 aromatic carbocycles. The van der Waals surface area contributed by atoms with E-state index in [1.807, 2.05) is 23.3 Å². The van der Waals surface area contributed by atoms with Crippen LogP contribution in [0.3, 0.4) is 0 Å². The lowest BCUT2D eigenvalue weighted by Gasteiger charge is -2.34. The predicted molar refractivity (Wildman–Crippen MR) is 137 cm³/mol. The number of hydrogen-bond donors (Lipinski definition) is 2. The molecular formula is C24H35N7OS. The maximum absolute atomic E-state index is 12.3. The van der Waals surface area contributed by atoms with Gasteiger partial charge in [0.1, 0.15) is 5.69 Å². The SMILES string of the molecule is CCc1ccc(-c2nc3sc(N4CCN(C(=O)NC(C)C)CC4)nn3c2NC(C)(C)C)cc1. The van der Waals surface area contributed by atoms with Gasteiger partial charge >= 0.3 is 6.03 Å². The topological polar surface area (TPSA) is 77.8 Å². The first-order chi connectivity index (χ1) is 15.6. The van der Waals surface area contributed by atoms with Crippen LogP contribution in [0.4, 0.5) is 15.7 Å². The fourth-order valence-electron chi connectivity index (χ4n) is 3.87. The van der Waals surface area contributed by atoms with Crippen LogP contribution in [-0.2, 0) is 6.42 Å². The van der Waals surface area contributed by atoms with Gasteiger partial charge in [-0.05, 0) is 46.6 Å². The van der Waals surface area contributed by atoms with Crippen molar-refractivity contribution in [2.45, 2.75) is 59.5 Å². The molecule has 0 atom stereocenters. The predicted octanol–water partition coefficient (Wildman–Crippen LogP) is 4.47. The first kappa shape index (κ1) is 23.4. The van der Waals surface area contributed by atoms with Gasteiger partial charge in [0.05, 0.1) is 0 Å². The normalized spacial score (nSPS) is 14.9. The summed E-state index contributed by atoms with van der Waals surface area (Å²) in [6.07, 6.45) is 1.02. The summed E-state index contributed by atoms with van der Waals surface area (Å²) in [6, 6.07) is 8.76. The Bertz CT molecular complexity index is 1100. The van der Waals surface area contributed by atoms with E-state index in [9.17, 15) is 4.79 Å². The van der Waals surface area contributed by atoms with Crippen molar-refractivity contribution in [3.8, 4) is 11.3 Å². The van der Waals surface area contributed by atoms with Crippen LogP contribution >= 0.6 is 11.3 Å². The molecular weight excluding hydrogens is 434 g/mol. The van der Waals surface area contributed by atoms with Crippen molar-refractivity contribution in [3.63, 3.8) is 0 Å². The van der Waals surface area contributed by atoms with E-state index in [1.54, 1.807) is 11.3 Å². The van der Waals surface area contributed by atoms with Gasteiger partial charge in [0, 0.05) is 43.3 Å². The molecule has 2 amide bonds. The Morgan fingerprint density at radius 3 is 2.36 bits per heavy atom. The first-order valence-electron chi connectivity index (χ1n) is 11.7. The molecule has 1 saturated heterocycles. The number of anilines is 2. The minimum absolute atomic E-state index is 0.00832. The van der Waals surface area contributed by atoms with Crippen molar-refractivity contribution in [2.24, 2.45) is 0 Å². The quantitative estimate of drug-likeness (QED) is 0.576. The molecule has 0 spiro atoms. The molecule has 9 heteroatoms. The number of fused-ring (bicyclic) bond motifs is 1. The van der Waals surface area contributed by atoms with Crippen LogP contribution in [0.25, 0.3) is 16.2 Å². The van der Waals surface area contributed by atoms with Gasteiger partial charge in [-0.2, -0.15) is 4.52 Å². The third-order valence-electron chi connectivity index (χ3n) is 5.57. The highest BCUT2D eigenvalue weighted by molar-refractivity contribution is 7.20. The van der Waals surface area contributed by atoms with Crippen LogP contribution in [0.5, 0.6) is 0 Å². The molecule has 0 bridgehead atoms. The number of nitrogens with zero attached hydrogens (tertiary/aromatic N) is 5. The van der Waals surface area contributed by atoms with E-state index in [-0.39, 0.29) is 17.6 Å². The standard InChI is InChI=1S/C24H35N7OS/c1-7-17-8-10-18(11-9-17)19-20(27-24(4,5)6)31-22(26-19)33-23(28-31)30-14-12-29(13-15-30)21(32)25-16(2)3/h8-11,16,27H,7,12-15H2,1-6H3,(H,25,32). The van der Waals surface area contributed by atoms with Crippen LogP contribution in [-0.4, -0.2) is 63.3 Å². The summed E-state index contributed by atoms with van der Waals surface area (Å²) < 4.78 is 1.94. The summed E-state index contributed by atoms with van der Waals surface area (Å²) >= 11 is 1.59. The average molecular weight is 470 g/mol. The van der Waals surface area contributed by atoms with E-state index in [2.05, 4.69) is 67.5 Å². The second-order valence-electron chi connectivity index (χ2n) is 9.89. The van der Waals surface area contributed by atoms with Gasteiger partial charge in [0.2, 0.25) is 10.1 Å². The largest absolute Gasteiger partial charge is 0.364 e. The lowest BCUT2D eigenvalue weighted by Crippen LogP contribution is -2.52. The van der Waals surface area contributed by atoms with Crippen molar-refractivity contribution in [3.05, 3.63) is 29.8 Å². The second-order valence-corrected chi connectivity index (χ2v) is 10.8. The van der Waals surface area contributed by atoms with E-state index in [4.69, 9.17) is 10.1 Å². The molecule has 3 aromatic rings. The molecule has 0 aliphatic carbocycles. The molecule has 1 aliphatic rings. The zero-order valence-corrected chi connectivity index (χ0v) is 21.3. The second kappa shape index (κ2) is 9.21. The minimum Gasteiger partial charge on any atom is -0.364 e. The molecule has 0 unspecified atom stereocenters. The maximum atomic E-state index is 12.3. The highest BCUT2D eigenvalue weighted by atomic mass is 32.1. The fraction of sp³-hybridized carbons (Fsp3) is 0.542. The van der Waals surface area contributed by atoms with E-state index >= 15 is 0 Å². The Hall–Kier alpha value is -2.81. The van der Waals surface area contributed by atoms with Gasteiger partial charge in [-0.1, -0.05) is 42.5 Å². The van der Waals surface area contributed by atoms with Crippen molar-refractivity contribution in [1.29, 1.82) is 0 Å². The number of aryl methyl sites for hydroxylation is 1. The summed E-state index contributed by atoms with van der Waals surface area (Å²) in [7, 11) is 0. The molecule has 8 nitrogen and oxygen atoms in total. The van der Waals surface area contributed by atoms with Crippen molar-refractivity contribution in [2.75, 3.05) is 36.4 Å². The summed E-state index contributed by atoms with van der Waals surface area (Å²) in [5.74, 6) is 0.916. The van der Waals surface area contributed by atoms with Gasteiger partial charge in [0.25, 0.3) is 0 Å².